The Morgan fingerprint density at radius 3 is 2.04 bits per heavy atom. The number of carbonyl (C=O) groups is 3. The minimum absolute atomic E-state index is 0. The van der Waals surface area contributed by atoms with E-state index in [0.717, 1.165) is 0 Å². The van der Waals surface area contributed by atoms with Gasteiger partial charge in [0.05, 0.1) is 5.92 Å². The van der Waals surface area contributed by atoms with Gasteiger partial charge in [0.15, 0.2) is 0 Å². The molecule has 0 aromatic carbocycles. The molecule has 0 saturated heterocycles. The number of ether oxygens (including phenoxy) is 2. The summed E-state index contributed by atoms with van der Waals surface area (Å²) < 4.78 is 9.77. The number of carboxylic acid groups (broad SMARTS) is 1. The normalized spacial score (nSPS) is 13.0. The molecule has 1 N–H and O–H groups in total. The second-order valence-corrected chi connectivity index (χ2v) is 6.02. The molecule has 128 valence electrons. The third-order valence-corrected chi connectivity index (χ3v) is 2.82. The van der Waals surface area contributed by atoms with E-state index in [4.69, 9.17) is 9.47 Å². The summed E-state index contributed by atoms with van der Waals surface area (Å²) in [6.45, 7) is 8.88. The van der Waals surface area contributed by atoms with Gasteiger partial charge in [-0.3, -0.25) is 4.79 Å². The fourth-order valence-electron chi connectivity index (χ4n) is 1.88. The van der Waals surface area contributed by atoms with Crippen LogP contribution in [0.25, 0.3) is 0 Å². The van der Waals surface area contributed by atoms with Crippen LogP contribution in [0.4, 0.5) is 4.79 Å². The number of hydrogen-bond donors (Lipinski definition) is 1. The Balaban J connectivity index is 0. The van der Waals surface area contributed by atoms with Gasteiger partial charge < -0.3 is 24.7 Å². The van der Waals surface area contributed by atoms with Gasteiger partial charge >= 0.3 is 49.8 Å². The van der Waals surface area contributed by atoms with Crippen molar-refractivity contribution >= 4 is 55.8 Å². The molecule has 0 spiro atoms. The van der Waals surface area contributed by atoms with Gasteiger partial charge in [-0.15, -0.1) is 0 Å². The van der Waals surface area contributed by atoms with Crippen molar-refractivity contribution in [3.8, 4) is 0 Å². The molecule has 0 rings (SSSR count). The summed E-state index contributed by atoms with van der Waals surface area (Å²) >= 11 is 0. The number of rotatable bonds is 9. The SMILES string of the molecule is CC(C)C[C@H](CNC(=O)O[C@H](C)OC(=O)C(C)C)CC(=O)[O-].[Ca+2]. The average Bonchev–Trinajstić information content (AvgIpc) is 2.34. The molecule has 0 aliphatic rings. The molecule has 0 unspecified atom stereocenters. The van der Waals surface area contributed by atoms with Crippen LogP contribution in [0, 0.1) is 17.8 Å². The maximum Gasteiger partial charge on any atom is 2.00 e. The largest absolute Gasteiger partial charge is 2.00 e. The first-order valence-electron chi connectivity index (χ1n) is 7.46. The van der Waals surface area contributed by atoms with E-state index < -0.39 is 24.3 Å². The molecular weight excluding hydrogens is 330 g/mol. The predicted octanol–water partition coefficient (Wildman–Crippen LogP) is 0.679. The van der Waals surface area contributed by atoms with E-state index in [-0.39, 0.29) is 62.5 Å². The van der Waals surface area contributed by atoms with Crippen molar-refractivity contribution in [2.45, 2.75) is 53.8 Å². The number of aliphatic carboxylic acids is 1. The van der Waals surface area contributed by atoms with E-state index in [1.54, 1.807) is 13.8 Å². The van der Waals surface area contributed by atoms with Crippen LogP contribution in [0.2, 0.25) is 0 Å². The molecule has 0 saturated carbocycles. The van der Waals surface area contributed by atoms with Crippen molar-refractivity contribution in [1.29, 1.82) is 0 Å². The van der Waals surface area contributed by atoms with Crippen molar-refractivity contribution < 1.29 is 29.0 Å². The maximum atomic E-state index is 11.6. The zero-order valence-electron chi connectivity index (χ0n) is 14.6. The number of esters is 1. The summed E-state index contributed by atoms with van der Waals surface area (Å²) in [5, 5.41) is 13.2. The Morgan fingerprint density at radius 2 is 1.61 bits per heavy atom. The van der Waals surface area contributed by atoms with Gasteiger partial charge in [0, 0.05) is 19.4 Å². The molecule has 23 heavy (non-hydrogen) atoms. The number of nitrogens with one attached hydrogen (secondary N) is 1. The molecular formula is C15H26CaNO6+. The topological polar surface area (TPSA) is 105 Å². The summed E-state index contributed by atoms with van der Waals surface area (Å²) in [6, 6.07) is 0. The van der Waals surface area contributed by atoms with Crippen LogP contribution in [0.5, 0.6) is 0 Å². The van der Waals surface area contributed by atoms with Crippen molar-refractivity contribution in [1.82, 2.24) is 5.32 Å². The van der Waals surface area contributed by atoms with E-state index in [0.29, 0.717) is 12.3 Å². The van der Waals surface area contributed by atoms with E-state index in [9.17, 15) is 19.5 Å². The second-order valence-electron chi connectivity index (χ2n) is 6.02. The smallest absolute Gasteiger partial charge is 0.550 e. The standard InChI is InChI=1S/C15H27NO6.Ca/c1-9(2)6-12(7-13(17)18)8-16-15(20)22-11(5)21-14(19)10(3)4;/h9-12H,6-8H2,1-5H3,(H,16,20)(H,17,18);/q;+2/p-1/t11-,12+;/m1./s1. The van der Waals surface area contributed by atoms with Crippen LogP contribution in [0.1, 0.15) is 47.5 Å². The third kappa shape index (κ3) is 13.6. The number of alkyl carbamates (subject to hydrolysis) is 1. The Morgan fingerprint density at radius 1 is 1.04 bits per heavy atom. The van der Waals surface area contributed by atoms with Gasteiger partial charge in [-0.25, -0.2) is 4.79 Å². The molecule has 2 atom stereocenters. The molecule has 0 heterocycles. The van der Waals surface area contributed by atoms with Crippen molar-refractivity contribution in [3.63, 3.8) is 0 Å². The Kier molecular flexibility index (Phi) is 13.8. The van der Waals surface area contributed by atoms with Gasteiger partial charge in [-0.05, 0) is 24.7 Å². The molecule has 8 heteroatoms. The molecule has 0 bridgehead atoms. The maximum absolute atomic E-state index is 11.6. The molecule has 0 fully saturated rings. The monoisotopic (exact) mass is 356 g/mol. The van der Waals surface area contributed by atoms with Gasteiger partial charge in [-0.2, -0.15) is 0 Å². The molecule has 7 nitrogen and oxygen atoms in total. The fraction of sp³-hybridized carbons (Fsp3) is 0.800. The Hall–Kier alpha value is -0.530. The van der Waals surface area contributed by atoms with Gasteiger partial charge in [0.1, 0.15) is 0 Å². The number of amides is 1. The molecule has 0 aliphatic carbocycles. The zero-order valence-corrected chi connectivity index (χ0v) is 16.8. The predicted molar refractivity (Wildman–Crippen MR) is 83.2 cm³/mol. The van der Waals surface area contributed by atoms with Crippen molar-refractivity contribution in [3.05, 3.63) is 0 Å². The minimum Gasteiger partial charge on any atom is -0.550 e. The van der Waals surface area contributed by atoms with Crippen LogP contribution in [0.15, 0.2) is 0 Å². The van der Waals surface area contributed by atoms with Crippen LogP contribution in [-0.2, 0) is 19.1 Å². The fourth-order valence-corrected chi connectivity index (χ4v) is 1.88. The number of carbonyl (C=O) groups excluding carboxylic acids is 3. The minimum atomic E-state index is -1.15. The molecule has 1 amide bonds. The zero-order chi connectivity index (χ0) is 17.3. The molecule has 0 aliphatic heterocycles. The van der Waals surface area contributed by atoms with E-state index in [2.05, 4.69) is 5.32 Å². The summed E-state index contributed by atoms with van der Waals surface area (Å²) in [4.78, 5) is 33.6. The van der Waals surface area contributed by atoms with Gasteiger partial charge in [-0.1, -0.05) is 27.7 Å². The van der Waals surface area contributed by atoms with E-state index in [1.807, 2.05) is 13.8 Å². The third-order valence-electron chi connectivity index (χ3n) is 2.82. The van der Waals surface area contributed by atoms with Crippen molar-refractivity contribution in [2.24, 2.45) is 17.8 Å². The van der Waals surface area contributed by atoms with Crippen LogP contribution in [0.3, 0.4) is 0 Å². The van der Waals surface area contributed by atoms with Crippen molar-refractivity contribution in [2.75, 3.05) is 6.54 Å². The first-order valence-corrected chi connectivity index (χ1v) is 7.46. The average molecular weight is 356 g/mol. The molecule has 0 aromatic heterocycles. The first kappa shape index (κ1) is 24.7. The molecule has 0 radical (unpaired) electrons. The van der Waals surface area contributed by atoms with Crippen LogP contribution >= 0.6 is 0 Å². The second kappa shape index (κ2) is 12.8. The Bertz CT molecular complexity index is 386. The summed E-state index contributed by atoms with van der Waals surface area (Å²) in [5.74, 6) is -1.86. The number of carboxylic acids is 1. The van der Waals surface area contributed by atoms with Gasteiger partial charge in [0.2, 0.25) is 6.29 Å². The van der Waals surface area contributed by atoms with Crippen LogP contribution < -0.4 is 10.4 Å². The van der Waals surface area contributed by atoms with E-state index in [1.165, 1.54) is 6.92 Å². The summed E-state index contributed by atoms with van der Waals surface area (Å²) in [6.07, 6.45) is -1.24. The summed E-state index contributed by atoms with van der Waals surface area (Å²) in [5.41, 5.74) is 0. The molecule has 0 aromatic rings. The van der Waals surface area contributed by atoms with Gasteiger partial charge in [0.25, 0.3) is 0 Å². The number of hydrogen-bond acceptors (Lipinski definition) is 6. The Labute approximate surface area is 167 Å². The van der Waals surface area contributed by atoms with Crippen LogP contribution in [-0.4, -0.2) is 68.6 Å². The van der Waals surface area contributed by atoms with E-state index >= 15 is 0 Å². The summed E-state index contributed by atoms with van der Waals surface area (Å²) in [7, 11) is 0. The first-order chi connectivity index (χ1) is 10.1. The quantitative estimate of drug-likeness (QED) is 0.370.